The number of carbonyl (C=O) groups is 1. The average Bonchev–Trinajstić information content (AvgIpc) is 2.37. The van der Waals surface area contributed by atoms with E-state index in [2.05, 4.69) is 0 Å². The van der Waals surface area contributed by atoms with Crippen molar-refractivity contribution in [2.45, 2.75) is 32.5 Å². The molecular formula is C15H21ClN2O3. The van der Waals surface area contributed by atoms with E-state index < -0.39 is 5.60 Å². The van der Waals surface area contributed by atoms with E-state index in [0.717, 1.165) is 5.56 Å². The number of benzene rings is 1. The van der Waals surface area contributed by atoms with Crippen molar-refractivity contribution in [3.63, 3.8) is 0 Å². The van der Waals surface area contributed by atoms with E-state index in [1.165, 1.54) is 0 Å². The summed E-state index contributed by atoms with van der Waals surface area (Å²) < 4.78 is 11.1. The molecule has 0 aromatic heterocycles. The molecule has 1 atom stereocenters. The predicted octanol–water partition coefficient (Wildman–Crippen LogP) is 3.23. The highest BCUT2D eigenvalue weighted by Crippen LogP contribution is 2.30. The Balaban J connectivity index is 2.08. The fraction of sp³-hybridized carbons (Fsp3) is 0.533. The molecule has 2 N–H and O–H groups in total. The Hall–Kier alpha value is -1.46. The number of hydrogen-bond acceptors (Lipinski definition) is 4. The fourth-order valence-corrected chi connectivity index (χ4v) is 2.44. The molecule has 116 valence electrons. The van der Waals surface area contributed by atoms with E-state index in [0.29, 0.717) is 30.4 Å². The number of rotatable bonds is 1. The first kappa shape index (κ1) is 15.9. The molecule has 0 radical (unpaired) electrons. The Morgan fingerprint density at radius 2 is 2.19 bits per heavy atom. The summed E-state index contributed by atoms with van der Waals surface area (Å²) in [5.41, 5.74) is 6.62. The van der Waals surface area contributed by atoms with Gasteiger partial charge in [-0.25, -0.2) is 4.79 Å². The number of halogens is 1. The number of nitrogens with two attached hydrogens (primary N) is 1. The first-order chi connectivity index (χ1) is 9.76. The van der Waals surface area contributed by atoms with E-state index >= 15 is 0 Å². The van der Waals surface area contributed by atoms with Crippen LogP contribution in [0.1, 0.15) is 32.4 Å². The number of ether oxygens (including phenoxy) is 2. The van der Waals surface area contributed by atoms with Crippen LogP contribution in [0.2, 0.25) is 5.02 Å². The van der Waals surface area contributed by atoms with Gasteiger partial charge in [-0.2, -0.15) is 0 Å². The summed E-state index contributed by atoms with van der Waals surface area (Å²) >= 11 is 6.20. The fourth-order valence-electron chi connectivity index (χ4n) is 2.13. The molecule has 1 fully saturated rings. The molecule has 0 aliphatic carbocycles. The Kier molecular flexibility index (Phi) is 4.64. The lowest BCUT2D eigenvalue weighted by molar-refractivity contribution is -0.0432. The van der Waals surface area contributed by atoms with Crippen LogP contribution in [0.15, 0.2) is 18.2 Å². The third-order valence-corrected chi connectivity index (χ3v) is 3.42. The maximum atomic E-state index is 12.1. The zero-order chi connectivity index (χ0) is 15.6. The van der Waals surface area contributed by atoms with Crippen LogP contribution < -0.4 is 5.73 Å². The highest BCUT2D eigenvalue weighted by Gasteiger charge is 2.29. The number of hydrogen-bond donors (Lipinski definition) is 1. The minimum atomic E-state index is -0.510. The molecule has 0 spiro atoms. The number of carbonyl (C=O) groups excluding carboxylic acids is 1. The van der Waals surface area contributed by atoms with Crippen molar-refractivity contribution >= 4 is 23.4 Å². The molecule has 1 aromatic carbocycles. The quantitative estimate of drug-likeness (QED) is 0.809. The summed E-state index contributed by atoms with van der Waals surface area (Å²) in [6.07, 6.45) is -0.596. The van der Waals surface area contributed by atoms with Crippen molar-refractivity contribution in [1.82, 2.24) is 4.90 Å². The zero-order valence-electron chi connectivity index (χ0n) is 12.6. The van der Waals surface area contributed by atoms with E-state index in [4.69, 9.17) is 26.8 Å². The number of anilines is 1. The van der Waals surface area contributed by atoms with Crippen molar-refractivity contribution in [2.24, 2.45) is 0 Å². The molecule has 2 rings (SSSR count). The van der Waals surface area contributed by atoms with E-state index in [9.17, 15) is 4.79 Å². The van der Waals surface area contributed by atoms with Gasteiger partial charge in [0.2, 0.25) is 0 Å². The van der Waals surface area contributed by atoms with E-state index in [1.807, 2.05) is 26.8 Å². The van der Waals surface area contributed by atoms with Gasteiger partial charge in [0.25, 0.3) is 0 Å². The summed E-state index contributed by atoms with van der Waals surface area (Å²) in [6, 6.07) is 5.30. The van der Waals surface area contributed by atoms with Crippen molar-refractivity contribution < 1.29 is 14.3 Å². The lowest BCUT2D eigenvalue weighted by atomic mass is 10.1. The lowest BCUT2D eigenvalue weighted by Gasteiger charge is -2.34. The summed E-state index contributed by atoms with van der Waals surface area (Å²) in [4.78, 5) is 13.8. The molecule has 1 aromatic rings. The van der Waals surface area contributed by atoms with Crippen LogP contribution in [-0.2, 0) is 9.47 Å². The Morgan fingerprint density at radius 1 is 1.48 bits per heavy atom. The highest BCUT2D eigenvalue weighted by molar-refractivity contribution is 6.31. The average molecular weight is 313 g/mol. The van der Waals surface area contributed by atoms with Gasteiger partial charge in [-0.05, 0) is 32.9 Å². The molecule has 21 heavy (non-hydrogen) atoms. The topological polar surface area (TPSA) is 64.8 Å². The van der Waals surface area contributed by atoms with Gasteiger partial charge in [-0.1, -0.05) is 17.7 Å². The van der Waals surface area contributed by atoms with Crippen LogP contribution >= 0.6 is 11.6 Å². The van der Waals surface area contributed by atoms with Crippen molar-refractivity contribution in [3.05, 3.63) is 28.8 Å². The zero-order valence-corrected chi connectivity index (χ0v) is 13.3. The Labute approximate surface area is 130 Å². The largest absolute Gasteiger partial charge is 0.444 e. The van der Waals surface area contributed by atoms with Crippen molar-refractivity contribution in [3.8, 4) is 0 Å². The Bertz CT molecular complexity index is 528. The minimum absolute atomic E-state index is 0.264. The Morgan fingerprint density at radius 3 is 2.81 bits per heavy atom. The van der Waals surface area contributed by atoms with Gasteiger partial charge in [0.05, 0.1) is 13.2 Å². The van der Waals surface area contributed by atoms with Gasteiger partial charge in [0, 0.05) is 22.8 Å². The van der Waals surface area contributed by atoms with Gasteiger partial charge in [0.15, 0.2) is 0 Å². The van der Waals surface area contributed by atoms with Crippen LogP contribution in [0.25, 0.3) is 0 Å². The van der Waals surface area contributed by atoms with Crippen LogP contribution in [0.4, 0.5) is 10.5 Å². The summed E-state index contributed by atoms with van der Waals surface area (Å²) in [5.74, 6) is 0. The molecule has 1 aliphatic heterocycles. The number of amides is 1. The normalized spacial score (nSPS) is 19.4. The van der Waals surface area contributed by atoms with Crippen molar-refractivity contribution in [1.29, 1.82) is 0 Å². The molecule has 1 saturated heterocycles. The predicted molar refractivity (Wildman–Crippen MR) is 82.4 cm³/mol. The maximum Gasteiger partial charge on any atom is 0.410 e. The standard InChI is InChI=1S/C15H21ClN2O3/c1-15(2,3)21-14(19)18-6-7-20-13(9-18)11-5-4-10(17)8-12(11)16/h4-5,8,13H,6-7,9,17H2,1-3H3/t13-/m1/s1. The van der Waals surface area contributed by atoms with Gasteiger partial charge >= 0.3 is 6.09 Å². The second-order valence-corrected chi connectivity index (χ2v) is 6.47. The second kappa shape index (κ2) is 6.12. The van der Waals surface area contributed by atoms with Crippen molar-refractivity contribution in [2.75, 3.05) is 25.4 Å². The molecule has 0 unspecified atom stereocenters. The van der Waals surface area contributed by atoms with Crippen LogP contribution in [0.3, 0.4) is 0 Å². The molecule has 1 heterocycles. The maximum absolute atomic E-state index is 12.1. The first-order valence-electron chi connectivity index (χ1n) is 6.91. The second-order valence-electron chi connectivity index (χ2n) is 6.07. The van der Waals surface area contributed by atoms with E-state index in [1.54, 1.807) is 17.0 Å². The highest BCUT2D eigenvalue weighted by atomic mass is 35.5. The van der Waals surface area contributed by atoms with E-state index in [-0.39, 0.29) is 12.2 Å². The van der Waals surface area contributed by atoms with Crippen LogP contribution in [-0.4, -0.2) is 36.3 Å². The summed E-state index contributed by atoms with van der Waals surface area (Å²) in [5, 5.41) is 0.547. The SMILES string of the molecule is CC(C)(C)OC(=O)N1CCO[C@@H](c2ccc(N)cc2Cl)C1. The lowest BCUT2D eigenvalue weighted by Crippen LogP contribution is -2.44. The molecule has 1 aliphatic rings. The molecule has 5 nitrogen and oxygen atoms in total. The van der Waals surface area contributed by atoms with Gasteiger partial charge in [-0.15, -0.1) is 0 Å². The van der Waals surface area contributed by atoms with Crippen LogP contribution in [0, 0.1) is 0 Å². The molecule has 0 saturated carbocycles. The molecule has 0 bridgehead atoms. The molecule has 1 amide bonds. The molecule has 6 heteroatoms. The van der Waals surface area contributed by atoms with Gasteiger partial charge in [-0.3, -0.25) is 0 Å². The van der Waals surface area contributed by atoms with Gasteiger partial charge < -0.3 is 20.1 Å². The monoisotopic (exact) mass is 312 g/mol. The van der Waals surface area contributed by atoms with Crippen LogP contribution in [0.5, 0.6) is 0 Å². The number of morpholine rings is 1. The minimum Gasteiger partial charge on any atom is -0.444 e. The third-order valence-electron chi connectivity index (χ3n) is 3.09. The molecular weight excluding hydrogens is 292 g/mol. The third kappa shape index (κ3) is 4.25. The summed E-state index contributed by atoms with van der Waals surface area (Å²) in [7, 11) is 0. The van der Waals surface area contributed by atoms with Gasteiger partial charge in [0.1, 0.15) is 11.7 Å². The smallest absolute Gasteiger partial charge is 0.410 e. The number of nitrogen functional groups attached to an aromatic ring is 1. The summed E-state index contributed by atoms with van der Waals surface area (Å²) in [6.45, 7) is 6.92. The number of nitrogens with zero attached hydrogens (tertiary/aromatic N) is 1. The first-order valence-corrected chi connectivity index (χ1v) is 7.28.